The molecule has 126 valence electrons. The number of nitrogens with zero attached hydrogens (tertiary/aromatic N) is 2. The van der Waals surface area contributed by atoms with Crippen molar-refractivity contribution in [3.05, 3.63) is 76.0 Å². The van der Waals surface area contributed by atoms with Crippen molar-refractivity contribution in [1.29, 1.82) is 5.26 Å². The van der Waals surface area contributed by atoms with Gasteiger partial charge in [0.15, 0.2) is 10.8 Å². The second-order valence-electron chi connectivity index (χ2n) is 5.48. The van der Waals surface area contributed by atoms with E-state index in [4.69, 9.17) is 27.6 Å². The van der Waals surface area contributed by atoms with Crippen molar-refractivity contribution in [1.82, 2.24) is 4.98 Å². The van der Waals surface area contributed by atoms with Gasteiger partial charge in [0.25, 0.3) is 0 Å². The number of thiazole rings is 1. The van der Waals surface area contributed by atoms with Crippen LogP contribution in [0, 0.1) is 11.3 Å². The molecule has 0 saturated heterocycles. The number of allylic oxidation sites excluding steroid dienone is 1. The molecule has 0 radical (unpaired) electrons. The second-order valence-corrected chi connectivity index (χ2v) is 7.36. The molecule has 0 bridgehead atoms. The first-order chi connectivity index (χ1) is 12.6. The lowest BCUT2D eigenvalue weighted by atomic mass is 10.1. The minimum Gasteiger partial charge on any atom is -0.454 e. The number of para-hydroxylation sites is 1. The van der Waals surface area contributed by atoms with Crippen LogP contribution in [-0.4, -0.2) is 4.98 Å². The summed E-state index contributed by atoms with van der Waals surface area (Å²) in [6.45, 7) is 0. The van der Waals surface area contributed by atoms with Crippen molar-refractivity contribution in [3.8, 4) is 16.8 Å². The Morgan fingerprint density at radius 1 is 1.12 bits per heavy atom. The van der Waals surface area contributed by atoms with Gasteiger partial charge in [-0.1, -0.05) is 41.4 Å². The number of halogens is 2. The summed E-state index contributed by atoms with van der Waals surface area (Å²) in [5.41, 5.74) is 1.94. The number of fused-ring (bicyclic) bond motifs is 1. The zero-order chi connectivity index (χ0) is 18.1. The first kappa shape index (κ1) is 16.9. The highest BCUT2D eigenvalue weighted by atomic mass is 35.5. The van der Waals surface area contributed by atoms with Crippen LogP contribution < -0.4 is 0 Å². The van der Waals surface area contributed by atoms with Crippen LogP contribution in [0.3, 0.4) is 0 Å². The lowest BCUT2D eigenvalue weighted by Crippen LogP contribution is -1.83. The van der Waals surface area contributed by atoms with Crippen molar-refractivity contribution < 1.29 is 4.42 Å². The normalized spacial score (nSPS) is 11.7. The third-order valence-electron chi connectivity index (χ3n) is 3.76. The molecule has 4 aromatic rings. The van der Waals surface area contributed by atoms with Crippen LogP contribution in [0.1, 0.15) is 11.3 Å². The van der Waals surface area contributed by atoms with Gasteiger partial charge in [0.1, 0.15) is 5.76 Å². The quantitative estimate of drug-likeness (QED) is 0.352. The summed E-state index contributed by atoms with van der Waals surface area (Å²) in [7, 11) is 0. The van der Waals surface area contributed by atoms with Gasteiger partial charge in [-0.05, 0) is 42.5 Å². The van der Waals surface area contributed by atoms with Crippen LogP contribution in [0.15, 0.2) is 59.0 Å². The van der Waals surface area contributed by atoms with Crippen LogP contribution in [-0.2, 0) is 0 Å². The van der Waals surface area contributed by atoms with Crippen molar-refractivity contribution in [3.63, 3.8) is 0 Å². The lowest BCUT2D eigenvalue weighted by molar-refractivity contribution is 0.571. The van der Waals surface area contributed by atoms with Gasteiger partial charge in [-0.15, -0.1) is 11.3 Å². The van der Waals surface area contributed by atoms with E-state index in [1.54, 1.807) is 35.6 Å². The minimum atomic E-state index is 0.400. The highest BCUT2D eigenvalue weighted by Gasteiger charge is 2.12. The number of aromatic nitrogens is 1. The molecule has 3 nitrogen and oxygen atoms in total. The zero-order valence-electron chi connectivity index (χ0n) is 13.2. The molecule has 0 N–H and O–H groups in total. The van der Waals surface area contributed by atoms with Gasteiger partial charge in [-0.2, -0.15) is 5.26 Å². The Morgan fingerprint density at radius 3 is 2.73 bits per heavy atom. The molecule has 4 rings (SSSR count). The minimum absolute atomic E-state index is 0.400. The summed E-state index contributed by atoms with van der Waals surface area (Å²) in [6, 6.07) is 18.8. The van der Waals surface area contributed by atoms with Crippen LogP contribution >= 0.6 is 34.5 Å². The van der Waals surface area contributed by atoms with Crippen molar-refractivity contribution in [2.24, 2.45) is 0 Å². The molecular formula is C20H10Cl2N2OS. The van der Waals surface area contributed by atoms with E-state index >= 15 is 0 Å². The SMILES string of the molecule is N#C/C(=C\c1ccc(-c2nc3ccccc3s2)o1)c1ccc(Cl)cc1Cl. The Morgan fingerprint density at radius 2 is 1.96 bits per heavy atom. The summed E-state index contributed by atoms with van der Waals surface area (Å²) in [4.78, 5) is 4.58. The average Bonchev–Trinajstić information content (AvgIpc) is 3.26. The van der Waals surface area contributed by atoms with Gasteiger partial charge in [0.05, 0.1) is 26.9 Å². The molecule has 0 unspecified atom stereocenters. The maximum atomic E-state index is 9.49. The van der Waals surface area contributed by atoms with E-state index in [1.807, 2.05) is 36.4 Å². The zero-order valence-corrected chi connectivity index (χ0v) is 15.6. The third kappa shape index (κ3) is 3.25. The summed E-state index contributed by atoms with van der Waals surface area (Å²) in [5, 5.41) is 11.2. The van der Waals surface area contributed by atoms with Crippen LogP contribution in [0.25, 0.3) is 32.6 Å². The van der Waals surface area contributed by atoms with Gasteiger partial charge in [0, 0.05) is 10.6 Å². The van der Waals surface area contributed by atoms with Gasteiger partial charge >= 0.3 is 0 Å². The number of hydrogen-bond donors (Lipinski definition) is 0. The number of rotatable bonds is 3. The molecule has 2 aromatic carbocycles. The Labute approximate surface area is 163 Å². The van der Waals surface area contributed by atoms with Crippen molar-refractivity contribution in [2.45, 2.75) is 0 Å². The first-order valence-corrected chi connectivity index (χ1v) is 9.24. The molecule has 0 aliphatic heterocycles. The number of furan rings is 1. The summed E-state index contributed by atoms with van der Waals surface area (Å²) < 4.78 is 6.97. The summed E-state index contributed by atoms with van der Waals surface area (Å²) >= 11 is 13.7. The Bertz CT molecular complexity index is 1150. The molecule has 0 atom stereocenters. The molecule has 26 heavy (non-hydrogen) atoms. The smallest absolute Gasteiger partial charge is 0.163 e. The standard InChI is InChI=1S/C20H10Cl2N2OS/c21-13-5-7-15(16(22)10-13)12(11-23)9-14-6-8-18(25-14)20-24-17-3-1-2-4-19(17)26-20/h1-10H/b12-9+. The molecule has 0 amide bonds. The van der Waals surface area contributed by atoms with E-state index in [0.717, 1.165) is 15.2 Å². The van der Waals surface area contributed by atoms with E-state index in [9.17, 15) is 5.26 Å². The van der Waals surface area contributed by atoms with Crippen LogP contribution in [0.4, 0.5) is 0 Å². The maximum absolute atomic E-state index is 9.49. The predicted octanol–water partition coefficient (Wildman–Crippen LogP) is 6.93. The van der Waals surface area contributed by atoms with E-state index in [0.29, 0.717) is 32.7 Å². The van der Waals surface area contributed by atoms with Gasteiger partial charge in [0.2, 0.25) is 0 Å². The van der Waals surface area contributed by atoms with Gasteiger partial charge in [-0.25, -0.2) is 4.98 Å². The number of hydrogen-bond acceptors (Lipinski definition) is 4. The Balaban J connectivity index is 1.70. The molecule has 2 heterocycles. The fourth-order valence-corrected chi connectivity index (χ4v) is 3.98. The third-order valence-corrected chi connectivity index (χ3v) is 5.36. The average molecular weight is 397 g/mol. The molecule has 0 spiro atoms. The van der Waals surface area contributed by atoms with E-state index in [1.165, 1.54) is 0 Å². The van der Waals surface area contributed by atoms with Crippen molar-refractivity contribution in [2.75, 3.05) is 0 Å². The van der Waals surface area contributed by atoms with Gasteiger partial charge in [-0.3, -0.25) is 0 Å². The predicted molar refractivity (Wildman–Crippen MR) is 107 cm³/mol. The molecular weight excluding hydrogens is 387 g/mol. The monoisotopic (exact) mass is 396 g/mol. The number of nitriles is 1. The molecule has 0 saturated carbocycles. The Hall–Kier alpha value is -2.58. The number of benzene rings is 2. The van der Waals surface area contributed by atoms with Gasteiger partial charge < -0.3 is 4.42 Å². The molecule has 2 aromatic heterocycles. The van der Waals surface area contributed by atoms with E-state index < -0.39 is 0 Å². The van der Waals surface area contributed by atoms with Crippen LogP contribution in [0.5, 0.6) is 0 Å². The highest BCUT2D eigenvalue weighted by molar-refractivity contribution is 7.21. The first-order valence-electron chi connectivity index (χ1n) is 7.67. The van der Waals surface area contributed by atoms with E-state index in [2.05, 4.69) is 11.1 Å². The molecule has 6 heteroatoms. The largest absolute Gasteiger partial charge is 0.454 e. The summed E-state index contributed by atoms with van der Waals surface area (Å²) in [5.74, 6) is 1.22. The molecule has 0 fully saturated rings. The second kappa shape index (κ2) is 6.97. The highest BCUT2D eigenvalue weighted by Crippen LogP contribution is 2.33. The maximum Gasteiger partial charge on any atom is 0.163 e. The fourth-order valence-electron chi connectivity index (χ4n) is 2.54. The fraction of sp³-hybridized carbons (Fsp3) is 0. The van der Waals surface area contributed by atoms with Crippen LogP contribution in [0.2, 0.25) is 10.0 Å². The topological polar surface area (TPSA) is 49.8 Å². The molecule has 0 aliphatic rings. The van der Waals surface area contributed by atoms with Crippen molar-refractivity contribution >= 4 is 56.4 Å². The van der Waals surface area contributed by atoms with E-state index in [-0.39, 0.29) is 0 Å². The Kier molecular flexibility index (Phi) is 4.52. The molecule has 0 aliphatic carbocycles. The summed E-state index contributed by atoms with van der Waals surface area (Å²) in [6.07, 6.45) is 1.66. The lowest BCUT2D eigenvalue weighted by Gasteiger charge is -2.02.